The molecule has 0 aliphatic rings. The summed E-state index contributed by atoms with van der Waals surface area (Å²) in [5.41, 5.74) is 2.46. The van der Waals surface area contributed by atoms with Crippen molar-refractivity contribution in [3.8, 4) is 0 Å². The molecule has 100 valence electrons. The molecule has 2 N–H and O–H groups in total. The Bertz CT molecular complexity index is 798. The van der Waals surface area contributed by atoms with E-state index in [0.717, 1.165) is 28.1 Å². The molecular weight excluding hydrogens is 274 g/mol. The Balaban J connectivity index is 1.99. The molecule has 0 fully saturated rings. The highest BCUT2D eigenvalue weighted by molar-refractivity contribution is 7.10. The van der Waals surface area contributed by atoms with Crippen molar-refractivity contribution in [2.24, 2.45) is 0 Å². The van der Waals surface area contributed by atoms with Gasteiger partial charge in [0.2, 0.25) is 0 Å². The molecule has 2 aromatic heterocycles. The number of carbonyl (C=O) groups is 1. The Labute approximate surface area is 119 Å². The Kier molecular flexibility index (Phi) is 3.08. The van der Waals surface area contributed by atoms with Crippen LogP contribution in [-0.2, 0) is 0 Å². The molecule has 0 spiro atoms. The quantitative estimate of drug-likeness (QED) is 0.771. The van der Waals surface area contributed by atoms with Crippen molar-refractivity contribution in [1.82, 2.24) is 9.36 Å². The number of aromatic nitrogens is 2. The van der Waals surface area contributed by atoms with Crippen LogP contribution in [0.5, 0.6) is 0 Å². The minimum absolute atomic E-state index is 0.223. The summed E-state index contributed by atoms with van der Waals surface area (Å²) in [7, 11) is 0. The number of carboxylic acids is 1. The van der Waals surface area contributed by atoms with Crippen LogP contribution in [0.4, 0.5) is 10.7 Å². The number of hydrogen-bond acceptors (Lipinski definition) is 5. The van der Waals surface area contributed by atoms with Crippen molar-refractivity contribution in [3.05, 3.63) is 47.8 Å². The Morgan fingerprint density at radius 3 is 3.00 bits per heavy atom. The number of benzene rings is 1. The van der Waals surface area contributed by atoms with E-state index < -0.39 is 5.97 Å². The monoisotopic (exact) mass is 285 g/mol. The zero-order valence-corrected chi connectivity index (χ0v) is 11.4. The second kappa shape index (κ2) is 4.90. The summed E-state index contributed by atoms with van der Waals surface area (Å²) in [6.45, 7) is 1.69. The first-order chi connectivity index (χ1) is 9.65. The highest BCUT2D eigenvalue weighted by Crippen LogP contribution is 2.29. The molecule has 0 radical (unpaired) electrons. The molecule has 20 heavy (non-hydrogen) atoms. The van der Waals surface area contributed by atoms with Crippen LogP contribution in [0.2, 0.25) is 0 Å². The van der Waals surface area contributed by atoms with E-state index in [1.54, 1.807) is 13.1 Å². The first kappa shape index (κ1) is 12.6. The molecule has 0 atom stereocenters. The highest BCUT2D eigenvalue weighted by atomic mass is 32.1. The minimum Gasteiger partial charge on any atom is -0.478 e. The van der Waals surface area contributed by atoms with Gasteiger partial charge in [-0.1, -0.05) is 6.07 Å². The highest BCUT2D eigenvalue weighted by Gasteiger charge is 2.17. The summed E-state index contributed by atoms with van der Waals surface area (Å²) in [4.78, 5) is 15.5. The average molecular weight is 285 g/mol. The topological polar surface area (TPSA) is 75.1 Å². The maximum Gasteiger partial charge on any atom is 0.340 e. The molecule has 0 aliphatic heterocycles. The lowest BCUT2D eigenvalue weighted by atomic mass is 10.2. The number of pyridine rings is 1. The molecule has 3 aromatic rings. The van der Waals surface area contributed by atoms with Crippen LogP contribution in [0.1, 0.15) is 16.1 Å². The number of nitrogens with zero attached hydrogens (tertiary/aromatic N) is 2. The second-order valence-electron chi connectivity index (χ2n) is 4.31. The summed E-state index contributed by atoms with van der Waals surface area (Å²) < 4.78 is 4.08. The number of nitrogens with one attached hydrogen (secondary N) is 1. The minimum atomic E-state index is -0.971. The Morgan fingerprint density at radius 2 is 2.20 bits per heavy atom. The van der Waals surface area contributed by atoms with Gasteiger partial charge in [-0.05, 0) is 42.7 Å². The fourth-order valence-corrected chi connectivity index (χ4v) is 2.80. The zero-order chi connectivity index (χ0) is 14.1. The molecule has 3 rings (SSSR count). The van der Waals surface area contributed by atoms with Crippen molar-refractivity contribution >= 4 is 39.1 Å². The second-order valence-corrected chi connectivity index (χ2v) is 5.09. The van der Waals surface area contributed by atoms with Gasteiger partial charge in [0.15, 0.2) is 0 Å². The first-order valence-corrected chi connectivity index (χ1v) is 6.74. The van der Waals surface area contributed by atoms with Crippen LogP contribution in [0.25, 0.3) is 10.9 Å². The number of carboxylic acid groups (broad SMARTS) is 1. The van der Waals surface area contributed by atoms with Crippen LogP contribution in [0.3, 0.4) is 0 Å². The molecule has 0 saturated heterocycles. The normalized spacial score (nSPS) is 10.7. The van der Waals surface area contributed by atoms with Gasteiger partial charge in [-0.15, -0.1) is 0 Å². The van der Waals surface area contributed by atoms with Gasteiger partial charge in [0.05, 0.1) is 11.2 Å². The zero-order valence-electron chi connectivity index (χ0n) is 10.6. The third-order valence-corrected chi connectivity index (χ3v) is 3.79. The van der Waals surface area contributed by atoms with Gasteiger partial charge in [-0.2, -0.15) is 4.37 Å². The number of rotatable bonds is 3. The summed E-state index contributed by atoms with van der Waals surface area (Å²) in [5.74, 6) is -0.971. The van der Waals surface area contributed by atoms with Gasteiger partial charge in [0.25, 0.3) is 0 Å². The number of anilines is 2. The van der Waals surface area contributed by atoms with Crippen molar-refractivity contribution in [3.63, 3.8) is 0 Å². The van der Waals surface area contributed by atoms with E-state index in [2.05, 4.69) is 14.7 Å². The van der Waals surface area contributed by atoms with Crippen LogP contribution in [0, 0.1) is 6.92 Å². The molecule has 5 nitrogen and oxygen atoms in total. The average Bonchev–Trinajstić information content (AvgIpc) is 2.79. The summed E-state index contributed by atoms with van der Waals surface area (Å²) in [6, 6.07) is 9.53. The van der Waals surface area contributed by atoms with E-state index in [1.165, 1.54) is 0 Å². The smallest absolute Gasteiger partial charge is 0.340 e. The molecule has 0 amide bonds. The van der Waals surface area contributed by atoms with Gasteiger partial charge < -0.3 is 10.4 Å². The van der Waals surface area contributed by atoms with Crippen LogP contribution in [0.15, 0.2) is 36.5 Å². The third kappa shape index (κ3) is 2.21. The predicted octanol–water partition coefficient (Wildman–Crippen LogP) is 3.44. The number of hydrogen-bond donors (Lipinski definition) is 2. The fraction of sp³-hybridized carbons (Fsp3) is 0.0714. The number of aryl methyl sites for hydroxylation is 1. The maximum atomic E-state index is 11.2. The number of fused-ring (bicyclic) bond motifs is 1. The summed E-state index contributed by atoms with van der Waals surface area (Å²) >= 11 is 1.15. The summed E-state index contributed by atoms with van der Waals surface area (Å²) in [5, 5.41) is 13.9. The van der Waals surface area contributed by atoms with E-state index in [-0.39, 0.29) is 5.56 Å². The van der Waals surface area contributed by atoms with E-state index in [9.17, 15) is 9.90 Å². The Hall–Kier alpha value is -2.47. The van der Waals surface area contributed by atoms with Crippen LogP contribution in [-0.4, -0.2) is 20.4 Å². The molecule has 0 aliphatic carbocycles. The van der Waals surface area contributed by atoms with Gasteiger partial charge in [0, 0.05) is 17.3 Å². The van der Waals surface area contributed by atoms with E-state index in [1.807, 2.05) is 30.3 Å². The largest absolute Gasteiger partial charge is 0.478 e. The lowest BCUT2D eigenvalue weighted by Gasteiger charge is -2.06. The molecular formula is C14H11N3O2S. The summed E-state index contributed by atoms with van der Waals surface area (Å²) in [6.07, 6.45) is 1.74. The first-order valence-electron chi connectivity index (χ1n) is 5.96. The Morgan fingerprint density at radius 1 is 1.35 bits per heavy atom. The number of aromatic carboxylic acids is 1. The molecule has 2 heterocycles. The molecule has 1 aromatic carbocycles. The van der Waals surface area contributed by atoms with Crippen LogP contribution >= 0.6 is 11.5 Å². The lowest BCUT2D eigenvalue weighted by molar-refractivity contribution is 0.0697. The molecule has 6 heteroatoms. The molecule has 0 bridgehead atoms. The van der Waals surface area contributed by atoms with E-state index >= 15 is 0 Å². The van der Waals surface area contributed by atoms with Crippen molar-refractivity contribution in [2.75, 3.05) is 5.32 Å². The molecule has 0 saturated carbocycles. The maximum absolute atomic E-state index is 11.2. The van der Waals surface area contributed by atoms with Gasteiger partial charge in [-0.3, -0.25) is 4.98 Å². The third-order valence-electron chi connectivity index (χ3n) is 2.94. The van der Waals surface area contributed by atoms with Crippen molar-refractivity contribution < 1.29 is 9.90 Å². The lowest BCUT2D eigenvalue weighted by Crippen LogP contribution is -2.01. The standard InChI is InChI=1S/C14H11N3O2S/c1-8-12(14(18)19)13(20-17-8)16-10-4-5-11-9(7-10)3-2-6-15-11/h2-7,16H,1H3,(H,18,19). The molecule has 0 unspecified atom stereocenters. The van der Waals surface area contributed by atoms with Gasteiger partial charge >= 0.3 is 5.97 Å². The van der Waals surface area contributed by atoms with Gasteiger partial charge in [-0.25, -0.2) is 4.79 Å². The predicted molar refractivity (Wildman–Crippen MR) is 78.8 cm³/mol. The van der Waals surface area contributed by atoms with Crippen molar-refractivity contribution in [2.45, 2.75) is 6.92 Å². The van der Waals surface area contributed by atoms with Crippen LogP contribution < -0.4 is 5.32 Å². The van der Waals surface area contributed by atoms with E-state index in [4.69, 9.17) is 0 Å². The fourth-order valence-electron chi connectivity index (χ4n) is 1.99. The van der Waals surface area contributed by atoms with Gasteiger partial charge in [0.1, 0.15) is 10.6 Å². The van der Waals surface area contributed by atoms with E-state index in [0.29, 0.717) is 10.7 Å². The SMILES string of the molecule is Cc1nsc(Nc2ccc3ncccc3c2)c1C(=O)O. The van der Waals surface area contributed by atoms with Crippen molar-refractivity contribution in [1.29, 1.82) is 0 Å².